The van der Waals surface area contributed by atoms with Crippen LogP contribution in [0.25, 0.3) is 0 Å². The van der Waals surface area contributed by atoms with Crippen LogP contribution >= 0.6 is 23.2 Å². The normalized spacial score (nSPS) is 13.1. The number of nitrogens with one attached hydrogen (secondary N) is 1. The van der Waals surface area contributed by atoms with Gasteiger partial charge in [-0.05, 0) is 47.4 Å². The maximum absolute atomic E-state index is 13.7. The average Bonchev–Trinajstić information content (AvgIpc) is 2.90. The van der Waals surface area contributed by atoms with Crippen LogP contribution in [0.5, 0.6) is 11.5 Å². The quantitative estimate of drug-likeness (QED) is 0.422. The van der Waals surface area contributed by atoms with Crippen LogP contribution in [0.1, 0.15) is 23.1 Å². The van der Waals surface area contributed by atoms with Gasteiger partial charge in [0.05, 0.1) is 0 Å². The fraction of sp³-hybridized carbons (Fsp3) is 0.286. The zero-order valence-electron chi connectivity index (χ0n) is 20.0. The lowest BCUT2D eigenvalue weighted by Crippen LogP contribution is -2.49. The van der Waals surface area contributed by atoms with Crippen molar-refractivity contribution >= 4 is 35.0 Å². The van der Waals surface area contributed by atoms with Crippen LogP contribution in [0.15, 0.2) is 66.7 Å². The molecule has 0 radical (unpaired) electrons. The number of benzene rings is 3. The van der Waals surface area contributed by atoms with Crippen LogP contribution in [-0.2, 0) is 29.0 Å². The summed E-state index contributed by atoms with van der Waals surface area (Å²) in [5.74, 6) is 0.998. The summed E-state index contributed by atoms with van der Waals surface area (Å²) in [4.78, 5) is 28.3. The van der Waals surface area contributed by atoms with Crippen LogP contribution in [-0.4, -0.2) is 43.0 Å². The van der Waals surface area contributed by atoms with Crippen molar-refractivity contribution in [3.05, 3.63) is 93.5 Å². The topological polar surface area (TPSA) is 67.9 Å². The first-order chi connectivity index (χ1) is 17.4. The first-order valence-corrected chi connectivity index (χ1v) is 12.6. The number of ether oxygens (including phenoxy) is 2. The monoisotopic (exact) mass is 526 g/mol. The van der Waals surface area contributed by atoms with E-state index in [9.17, 15) is 9.59 Å². The number of carbonyl (C=O) groups is 2. The lowest BCUT2D eigenvalue weighted by molar-refractivity contribution is -0.141. The number of likely N-dealkylation sites (N-methyl/N-ethyl adjacent to an activating group) is 1. The van der Waals surface area contributed by atoms with E-state index in [1.54, 1.807) is 30.1 Å². The standard InChI is InChI=1S/C28H28Cl2N2O4/c1-31-28(34)24(15-19-5-3-2-4-6-19)32(18-21-9-10-22(29)17-23(21)30)27(33)12-8-20-7-11-25-26(16-20)36-14-13-35-25/h2-7,9-11,16-17,24H,8,12-15,18H2,1H3,(H,31,34)/t24-/m1/s1. The smallest absolute Gasteiger partial charge is 0.242 e. The molecule has 6 nitrogen and oxygen atoms in total. The second-order valence-corrected chi connectivity index (χ2v) is 9.40. The Hall–Kier alpha value is -3.22. The molecule has 4 rings (SSSR count). The maximum Gasteiger partial charge on any atom is 0.242 e. The molecule has 0 saturated heterocycles. The summed E-state index contributed by atoms with van der Waals surface area (Å²) in [7, 11) is 1.58. The molecule has 1 atom stereocenters. The number of carbonyl (C=O) groups excluding carboxylic acids is 2. The second-order valence-electron chi connectivity index (χ2n) is 8.56. The van der Waals surface area contributed by atoms with Gasteiger partial charge in [0.15, 0.2) is 11.5 Å². The van der Waals surface area contributed by atoms with Crippen molar-refractivity contribution in [2.24, 2.45) is 0 Å². The van der Waals surface area contributed by atoms with E-state index in [2.05, 4.69) is 5.32 Å². The average molecular weight is 527 g/mol. The number of hydrogen-bond donors (Lipinski definition) is 1. The van der Waals surface area contributed by atoms with Gasteiger partial charge in [-0.15, -0.1) is 0 Å². The number of amides is 2. The zero-order valence-corrected chi connectivity index (χ0v) is 21.5. The molecule has 0 unspecified atom stereocenters. The number of rotatable bonds is 9. The van der Waals surface area contributed by atoms with Crippen molar-refractivity contribution in [3.63, 3.8) is 0 Å². The molecular weight excluding hydrogens is 499 g/mol. The van der Waals surface area contributed by atoms with Gasteiger partial charge in [-0.1, -0.05) is 65.7 Å². The van der Waals surface area contributed by atoms with Gasteiger partial charge in [0.1, 0.15) is 19.3 Å². The van der Waals surface area contributed by atoms with Crippen molar-refractivity contribution in [2.45, 2.75) is 31.8 Å². The minimum Gasteiger partial charge on any atom is -0.486 e. The van der Waals surface area contributed by atoms with Crippen molar-refractivity contribution < 1.29 is 19.1 Å². The lowest BCUT2D eigenvalue weighted by atomic mass is 10.0. The Bertz CT molecular complexity index is 1220. The highest BCUT2D eigenvalue weighted by atomic mass is 35.5. The highest BCUT2D eigenvalue weighted by Crippen LogP contribution is 2.31. The molecule has 0 saturated carbocycles. The second kappa shape index (κ2) is 12.2. The third-order valence-corrected chi connectivity index (χ3v) is 6.69. The molecule has 36 heavy (non-hydrogen) atoms. The third kappa shape index (κ3) is 6.50. The molecule has 0 aromatic heterocycles. The molecule has 1 heterocycles. The predicted molar refractivity (Wildman–Crippen MR) is 141 cm³/mol. The van der Waals surface area contributed by atoms with Crippen molar-refractivity contribution in [2.75, 3.05) is 20.3 Å². The van der Waals surface area contributed by atoms with Crippen molar-refractivity contribution in [3.8, 4) is 11.5 Å². The van der Waals surface area contributed by atoms with Gasteiger partial charge >= 0.3 is 0 Å². The van der Waals surface area contributed by atoms with Gasteiger partial charge < -0.3 is 19.7 Å². The SMILES string of the molecule is CNC(=O)[C@@H](Cc1ccccc1)N(Cc1ccc(Cl)cc1Cl)C(=O)CCc1ccc2c(c1)OCCO2. The Balaban J connectivity index is 1.59. The van der Waals surface area contributed by atoms with E-state index < -0.39 is 6.04 Å². The van der Waals surface area contributed by atoms with E-state index in [-0.39, 0.29) is 24.8 Å². The molecule has 2 amide bonds. The van der Waals surface area contributed by atoms with E-state index in [4.69, 9.17) is 32.7 Å². The van der Waals surface area contributed by atoms with Crippen LogP contribution in [0, 0.1) is 0 Å². The summed E-state index contributed by atoms with van der Waals surface area (Å²) in [5, 5.41) is 3.67. The van der Waals surface area contributed by atoms with E-state index >= 15 is 0 Å². The van der Waals surface area contributed by atoms with Gasteiger partial charge in [-0.3, -0.25) is 9.59 Å². The summed E-state index contributed by atoms with van der Waals surface area (Å²) < 4.78 is 11.3. The molecule has 0 spiro atoms. The number of fused-ring (bicyclic) bond motifs is 1. The Kier molecular flexibility index (Phi) is 8.73. The van der Waals surface area contributed by atoms with Gasteiger partial charge in [0, 0.05) is 36.5 Å². The summed E-state index contributed by atoms with van der Waals surface area (Å²) >= 11 is 12.5. The molecule has 0 bridgehead atoms. The summed E-state index contributed by atoms with van der Waals surface area (Å²) in [5.41, 5.74) is 2.63. The van der Waals surface area contributed by atoms with E-state index in [0.29, 0.717) is 47.6 Å². The highest BCUT2D eigenvalue weighted by Gasteiger charge is 2.30. The van der Waals surface area contributed by atoms with Crippen LogP contribution in [0.3, 0.4) is 0 Å². The van der Waals surface area contributed by atoms with E-state index in [1.165, 1.54) is 0 Å². The van der Waals surface area contributed by atoms with Gasteiger partial charge in [-0.2, -0.15) is 0 Å². The molecule has 1 N–H and O–H groups in total. The Morgan fingerprint density at radius 1 is 0.944 bits per heavy atom. The number of halogens is 2. The molecule has 8 heteroatoms. The Morgan fingerprint density at radius 3 is 2.42 bits per heavy atom. The van der Waals surface area contributed by atoms with Gasteiger partial charge in [0.25, 0.3) is 0 Å². The van der Waals surface area contributed by atoms with Gasteiger partial charge in [0.2, 0.25) is 11.8 Å². The number of nitrogens with zero attached hydrogens (tertiary/aromatic N) is 1. The third-order valence-electron chi connectivity index (χ3n) is 6.11. The zero-order chi connectivity index (χ0) is 25.5. The van der Waals surface area contributed by atoms with Crippen LogP contribution < -0.4 is 14.8 Å². The highest BCUT2D eigenvalue weighted by molar-refractivity contribution is 6.35. The number of aryl methyl sites for hydroxylation is 1. The van der Waals surface area contributed by atoms with Crippen molar-refractivity contribution in [1.29, 1.82) is 0 Å². The maximum atomic E-state index is 13.7. The fourth-order valence-electron chi connectivity index (χ4n) is 4.19. The fourth-order valence-corrected chi connectivity index (χ4v) is 4.66. The van der Waals surface area contributed by atoms with E-state index in [0.717, 1.165) is 16.7 Å². The van der Waals surface area contributed by atoms with Crippen LogP contribution in [0.4, 0.5) is 0 Å². The largest absolute Gasteiger partial charge is 0.486 e. The summed E-state index contributed by atoms with van der Waals surface area (Å²) in [6.07, 6.45) is 1.08. The minimum atomic E-state index is -0.711. The first kappa shape index (κ1) is 25.9. The Morgan fingerprint density at radius 2 is 1.69 bits per heavy atom. The molecule has 3 aromatic carbocycles. The molecule has 0 fully saturated rings. The molecule has 3 aromatic rings. The van der Waals surface area contributed by atoms with E-state index in [1.807, 2.05) is 48.5 Å². The van der Waals surface area contributed by atoms with Gasteiger partial charge in [-0.25, -0.2) is 0 Å². The molecular formula is C28H28Cl2N2O4. The molecule has 1 aliphatic rings. The summed E-state index contributed by atoms with van der Waals surface area (Å²) in [6.45, 7) is 1.20. The van der Waals surface area contributed by atoms with Crippen LogP contribution in [0.2, 0.25) is 10.0 Å². The number of hydrogen-bond acceptors (Lipinski definition) is 4. The molecule has 1 aliphatic heterocycles. The molecule has 0 aliphatic carbocycles. The minimum absolute atomic E-state index is 0.152. The lowest BCUT2D eigenvalue weighted by Gasteiger charge is -2.31. The predicted octanol–water partition coefficient (Wildman–Crippen LogP) is 5.08. The summed E-state index contributed by atoms with van der Waals surface area (Å²) in [6, 6.07) is 19.8. The van der Waals surface area contributed by atoms with Crippen molar-refractivity contribution in [1.82, 2.24) is 10.2 Å². The Labute approximate surface area is 221 Å². The molecule has 188 valence electrons. The first-order valence-electron chi connectivity index (χ1n) is 11.8.